The fraction of sp³-hybridized carbons (Fsp3) is 0.643. The fourth-order valence-corrected chi connectivity index (χ4v) is 3.30. The molecule has 1 aliphatic rings. The summed E-state index contributed by atoms with van der Waals surface area (Å²) in [5, 5.41) is 12.3. The zero-order chi connectivity index (χ0) is 13.7. The zero-order valence-electron chi connectivity index (χ0n) is 11.4. The van der Waals surface area contributed by atoms with Crippen molar-refractivity contribution < 1.29 is 9.90 Å². The van der Waals surface area contributed by atoms with Crippen LogP contribution in [0.3, 0.4) is 0 Å². The number of thiophene rings is 1. The Bertz CT molecular complexity index is 413. The second-order valence-corrected chi connectivity index (χ2v) is 6.32. The van der Waals surface area contributed by atoms with Gasteiger partial charge in [0.1, 0.15) is 4.88 Å². The highest BCUT2D eigenvalue weighted by molar-refractivity contribution is 7.13. The van der Waals surface area contributed by atoms with E-state index in [-0.39, 0.29) is 0 Å². The molecular formula is C14H22N2O2S. The number of piperidine rings is 1. The van der Waals surface area contributed by atoms with Crippen LogP contribution in [0, 0.1) is 0 Å². The molecule has 2 rings (SSSR count). The molecule has 4 nitrogen and oxygen atoms in total. The molecule has 0 spiro atoms. The molecule has 5 heteroatoms. The van der Waals surface area contributed by atoms with Gasteiger partial charge in [-0.05, 0) is 45.0 Å². The lowest BCUT2D eigenvalue weighted by molar-refractivity contribution is 0.0702. The van der Waals surface area contributed by atoms with E-state index in [0.717, 1.165) is 18.0 Å². The molecule has 1 aromatic rings. The van der Waals surface area contributed by atoms with Crippen LogP contribution in [-0.4, -0.2) is 41.7 Å². The van der Waals surface area contributed by atoms with E-state index < -0.39 is 5.97 Å². The Kier molecular flexibility index (Phi) is 5.36. The summed E-state index contributed by atoms with van der Waals surface area (Å²) in [6, 6.07) is 4.13. The monoisotopic (exact) mass is 282 g/mol. The summed E-state index contributed by atoms with van der Waals surface area (Å²) < 4.78 is 0. The van der Waals surface area contributed by atoms with Gasteiger partial charge in [-0.15, -0.1) is 11.3 Å². The van der Waals surface area contributed by atoms with Crippen LogP contribution in [0.25, 0.3) is 0 Å². The van der Waals surface area contributed by atoms with Crippen LogP contribution < -0.4 is 5.32 Å². The summed E-state index contributed by atoms with van der Waals surface area (Å²) in [5.41, 5.74) is 0. The minimum absolute atomic E-state index is 0.417. The molecule has 19 heavy (non-hydrogen) atoms. The first kappa shape index (κ1) is 14.5. The van der Waals surface area contributed by atoms with Gasteiger partial charge in [0.25, 0.3) is 0 Å². The van der Waals surface area contributed by atoms with Crippen LogP contribution in [-0.2, 0) is 6.54 Å². The van der Waals surface area contributed by atoms with Gasteiger partial charge in [-0.1, -0.05) is 6.42 Å². The van der Waals surface area contributed by atoms with Crippen molar-refractivity contribution >= 4 is 17.3 Å². The van der Waals surface area contributed by atoms with Gasteiger partial charge in [0.05, 0.1) is 0 Å². The van der Waals surface area contributed by atoms with Gasteiger partial charge < -0.3 is 10.4 Å². The average Bonchev–Trinajstić information content (AvgIpc) is 2.89. The highest BCUT2D eigenvalue weighted by Crippen LogP contribution is 2.16. The van der Waals surface area contributed by atoms with Crippen molar-refractivity contribution in [1.82, 2.24) is 10.2 Å². The Morgan fingerprint density at radius 2 is 2.16 bits per heavy atom. The first-order valence-corrected chi connectivity index (χ1v) is 7.75. The number of carboxylic acids is 1. The molecule has 1 fully saturated rings. The maximum Gasteiger partial charge on any atom is 0.345 e. The third kappa shape index (κ3) is 4.30. The zero-order valence-corrected chi connectivity index (χ0v) is 12.2. The number of hydrogen-bond acceptors (Lipinski definition) is 4. The Morgan fingerprint density at radius 3 is 2.79 bits per heavy atom. The Balaban J connectivity index is 1.71. The smallest absolute Gasteiger partial charge is 0.345 e. The van der Waals surface area contributed by atoms with Crippen molar-refractivity contribution in [2.24, 2.45) is 0 Å². The van der Waals surface area contributed by atoms with Crippen molar-refractivity contribution in [3.05, 3.63) is 21.9 Å². The molecule has 1 saturated heterocycles. The summed E-state index contributed by atoms with van der Waals surface area (Å²) in [7, 11) is 0. The lowest BCUT2D eigenvalue weighted by Crippen LogP contribution is -2.42. The first-order chi connectivity index (χ1) is 9.16. The second kappa shape index (κ2) is 7.03. The van der Waals surface area contributed by atoms with Gasteiger partial charge in [-0.2, -0.15) is 0 Å². The summed E-state index contributed by atoms with van der Waals surface area (Å²) in [6.45, 7) is 6.40. The highest BCUT2D eigenvalue weighted by atomic mass is 32.1. The summed E-state index contributed by atoms with van der Waals surface area (Å²) >= 11 is 1.35. The molecule has 0 aromatic carbocycles. The van der Waals surface area contributed by atoms with Gasteiger partial charge in [0.15, 0.2) is 0 Å². The molecule has 1 aliphatic heterocycles. The molecule has 2 N–H and O–H groups in total. The lowest BCUT2D eigenvalue weighted by Gasteiger charge is -2.32. The van der Waals surface area contributed by atoms with Crippen molar-refractivity contribution in [2.75, 3.05) is 19.6 Å². The largest absolute Gasteiger partial charge is 0.477 e. The molecule has 1 atom stereocenters. The van der Waals surface area contributed by atoms with Crippen LogP contribution in [0.4, 0.5) is 0 Å². The number of carboxylic acid groups (broad SMARTS) is 1. The number of nitrogens with one attached hydrogen (secondary N) is 1. The summed E-state index contributed by atoms with van der Waals surface area (Å²) in [6.07, 6.45) is 4.00. The average molecular weight is 282 g/mol. The number of rotatable bonds is 6. The number of likely N-dealkylation sites (tertiary alicyclic amines) is 1. The molecule has 0 aliphatic carbocycles. The van der Waals surface area contributed by atoms with Crippen molar-refractivity contribution in [3.8, 4) is 0 Å². The van der Waals surface area contributed by atoms with E-state index in [0.29, 0.717) is 10.9 Å². The minimum atomic E-state index is -0.835. The second-order valence-electron chi connectivity index (χ2n) is 5.15. The molecule has 2 heterocycles. The van der Waals surface area contributed by atoms with E-state index in [1.54, 1.807) is 6.07 Å². The SMILES string of the molecule is CC(CNCc1ccc(C(=O)O)s1)N1CCCCC1. The number of carbonyl (C=O) groups is 1. The first-order valence-electron chi connectivity index (χ1n) is 6.93. The van der Waals surface area contributed by atoms with Crippen LogP contribution in [0.1, 0.15) is 40.7 Å². The molecule has 1 unspecified atom stereocenters. The molecule has 106 valence electrons. The summed E-state index contributed by atoms with van der Waals surface area (Å²) in [5.74, 6) is -0.835. The predicted molar refractivity (Wildman–Crippen MR) is 77.9 cm³/mol. The highest BCUT2D eigenvalue weighted by Gasteiger charge is 2.16. The molecule has 0 saturated carbocycles. The maximum atomic E-state index is 10.8. The number of hydrogen-bond donors (Lipinski definition) is 2. The van der Waals surface area contributed by atoms with Gasteiger partial charge in [0, 0.05) is 24.0 Å². The predicted octanol–water partition coefficient (Wildman–Crippen LogP) is 2.41. The third-order valence-electron chi connectivity index (χ3n) is 3.63. The topological polar surface area (TPSA) is 52.6 Å². The van der Waals surface area contributed by atoms with Crippen molar-refractivity contribution in [1.29, 1.82) is 0 Å². The fourth-order valence-electron chi connectivity index (χ4n) is 2.48. The minimum Gasteiger partial charge on any atom is -0.477 e. The summed E-state index contributed by atoms with van der Waals surface area (Å²) in [4.78, 5) is 14.8. The van der Waals surface area contributed by atoms with E-state index >= 15 is 0 Å². The Morgan fingerprint density at radius 1 is 1.42 bits per heavy atom. The van der Waals surface area contributed by atoms with E-state index in [2.05, 4.69) is 17.1 Å². The molecular weight excluding hydrogens is 260 g/mol. The van der Waals surface area contributed by atoms with Crippen LogP contribution in [0.5, 0.6) is 0 Å². The van der Waals surface area contributed by atoms with Crippen LogP contribution in [0.2, 0.25) is 0 Å². The van der Waals surface area contributed by atoms with Crippen molar-refractivity contribution in [3.63, 3.8) is 0 Å². The normalized spacial score (nSPS) is 18.4. The van der Waals surface area contributed by atoms with E-state index in [4.69, 9.17) is 5.11 Å². The Hall–Kier alpha value is -0.910. The quantitative estimate of drug-likeness (QED) is 0.841. The van der Waals surface area contributed by atoms with E-state index in [1.807, 2.05) is 6.07 Å². The van der Waals surface area contributed by atoms with Crippen molar-refractivity contribution in [2.45, 2.75) is 38.8 Å². The number of nitrogens with zero attached hydrogens (tertiary/aromatic N) is 1. The Labute approximate surface area is 118 Å². The van der Waals surface area contributed by atoms with Gasteiger partial charge in [-0.25, -0.2) is 4.79 Å². The maximum absolute atomic E-state index is 10.8. The van der Waals surface area contributed by atoms with Gasteiger partial charge in [-0.3, -0.25) is 4.90 Å². The van der Waals surface area contributed by atoms with Gasteiger partial charge >= 0.3 is 5.97 Å². The van der Waals surface area contributed by atoms with Gasteiger partial charge in [0.2, 0.25) is 0 Å². The standard InChI is InChI=1S/C14H22N2O2S/c1-11(16-7-3-2-4-8-16)9-15-10-12-5-6-13(19-12)14(17)18/h5-6,11,15H,2-4,7-10H2,1H3,(H,17,18). The van der Waals surface area contributed by atoms with E-state index in [1.165, 1.54) is 43.7 Å². The lowest BCUT2D eigenvalue weighted by atomic mass is 10.1. The third-order valence-corrected chi connectivity index (χ3v) is 4.70. The molecule has 0 radical (unpaired) electrons. The molecule has 1 aromatic heterocycles. The van der Waals surface area contributed by atoms with E-state index in [9.17, 15) is 4.79 Å². The van der Waals surface area contributed by atoms with Crippen LogP contribution >= 0.6 is 11.3 Å². The number of aromatic carboxylic acids is 1. The molecule has 0 bridgehead atoms. The molecule has 0 amide bonds. The van der Waals surface area contributed by atoms with Crippen LogP contribution in [0.15, 0.2) is 12.1 Å².